The highest BCUT2D eigenvalue weighted by Gasteiger charge is 2.77. The minimum atomic E-state index is -0.954. The summed E-state index contributed by atoms with van der Waals surface area (Å²) in [7, 11) is 5.41. The van der Waals surface area contributed by atoms with E-state index in [0.717, 1.165) is 41.0 Å². The molecule has 0 amide bonds. The molecule has 147 heavy (non-hydrogen) atoms. The molecule has 0 aliphatic heterocycles. The Morgan fingerprint density at radius 2 is 0.524 bits per heavy atom. The molecule has 14 aliphatic rings. The van der Waals surface area contributed by atoms with Gasteiger partial charge in [-0.05, 0) is 140 Å². The number of nitrogens with zero attached hydrogens (tertiary/aromatic N) is 26. The van der Waals surface area contributed by atoms with Crippen LogP contribution in [0.5, 0.6) is 0 Å². The van der Waals surface area contributed by atoms with Crippen LogP contribution in [0.2, 0.25) is 0 Å². The predicted molar refractivity (Wildman–Crippen MR) is 521 cm³/mol. The number of rotatable bonds is 17. The molecule has 14 aromatic rings. The van der Waals surface area contributed by atoms with Gasteiger partial charge in [-0.3, -0.25) is 0 Å². The van der Waals surface area contributed by atoms with Crippen LogP contribution >= 0.6 is 0 Å². The number of aliphatic hydroxyl groups excluding tert-OH is 20. The van der Waals surface area contributed by atoms with Crippen molar-refractivity contribution in [3.05, 3.63) is 97.9 Å². The first-order valence-electron chi connectivity index (χ1n) is 49.2. The number of imidazole rings is 7. The second kappa shape index (κ2) is 35.5. The number of nitrogen functional groups attached to an aromatic ring is 4. The normalized spacial score (nSPS) is 37.3. The molecule has 0 spiro atoms. The molecule has 0 aromatic carbocycles. The number of nitrogens with two attached hydrogens (primary N) is 4. The third-order valence-corrected chi connectivity index (χ3v) is 35.7. The van der Waals surface area contributed by atoms with Gasteiger partial charge in [0.25, 0.3) is 0 Å². The summed E-state index contributed by atoms with van der Waals surface area (Å²) in [5.41, 5.74) is 29.6. The molecule has 0 saturated heterocycles. The zero-order valence-electron chi connectivity index (χ0n) is 81.4. The highest BCUT2D eigenvalue weighted by Crippen LogP contribution is 2.74. The number of hydrogen-bond acceptors (Lipinski definition) is 46. The number of hydrogen-bond donors (Lipinski definition) is 27. The smallest absolute Gasteiger partial charge is 0.166 e. The zero-order valence-corrected chi connectivity index (χ0v) is 81.4. The van der Waals surface area contributed by atoms with Crippen LogP contribution in [0.25, 0.3) is 78.1 Å². The van der Waals surface area contributed by atoms with Crippen molar-refractivity contribution in [3.8, 4) is 0 Å². The van der Waals surface area contributed by atoms with Crippen LogP contribution < -0.4 is 38.9 Å². The van der Waals surface area contributed by atoms with Crippen molar-refractivity contribution >= 4 is 119 Å². The molecular weight excluding hydrogens is 1910 g/mol. The molecule has 34 atom stereocenters. The first-order valence-corrected chi connectivity index (χ1v) is 49.2. The van der Waals surface area contributed by atoms with E-state index >= 15 is 0 Å². The Labute approximate surface area is 834 Å². The fourth-order valence-electron chi connectivity index (χ4n) is 27.0. The molecule has 0 bridgehead atoms. The highest BCUT2D eigenvalue weighted by atomic mass is 16.4. The molecule has 34 unspecified atom stereocenters. The Hall–Kier alpha value is -12.2. The van der Waals surface area contributed by atoms with E-state index in [1.165, 1.54) is 0 Å². The lowest BCUT2D eigenvalue weighted by atomic mass is 10.0. The van der Waals surface area contributed by atoms with E-state index < -0.39 is 112 Å². The summed E-state index contributed by atoms with van der Waals surface area (Å²) in [5, 5.41) is 209. The summed E-state index contributed by atoms with van der Waals surface area (Å²) in [4.78, 5) is 81.6. The van der Waals surface area contributed by atoms with Gasteiger partial charge in [0.1, 0.15) is 104 Å². The van der Waals surface area contributed by atoms with Crippen molar-refractivity contribution in [1.29, 1.82) is 0 Å². The zero-order chi connectivity index (χ0) is 104. The molecule has 0 radical (unpaired) electrons. The van der Waals surface area contributed by atoms with Crippen molar-refractivity contribution in [2.24, 2.45) is 79.3 Å². The number of pyridine rings is 2. The summed E-state index contributed by atoms with van der Waals surface area (Å²) in [6.07, 6.45) is 8.76. The Morgan fingerprint density at radius 1 is 0.279 bits per heavy atom. The number of aromatic nitrogens is 26. The first-order chi connectivity index (χ1) is 70.3. The Balaban J connectivity index is 0.0000000974. The van der Waals surface area contributed by atoms with Gasteiger partial charge in [0.15, 0.2) is 68.6 Å². The molecule has 53 nitrogen and oxygen atoms in total. The van der Waals surface area contributed by atoms with Crippen LogP contribution in [0.15, 0.2) is 68.8 Å². The predicted octanol–water partition coefficient (Wildman–Crippen LogP) is -4.06. The highest BCUT2D eigenvalue weighted by molar-refractivity contribution is 5.88. The average molecular weight is 2040 g/mol. The standard InChI is InChI=1S/C14H19N5O3.C14H19N5O2.C14H18N4O3.3C13H17N5O3.C13H16N4O3/c1-6-17-12(15-2)8-13(18-6)19(5-16-8)9-7-3-14(7,4-20)11(22)10(9)21;1-7-17-12(15-2)11-13(18-7)19(6-16-11)9-3-10(21)14(5-20)4-8(9)14;1-15-8-2-3-16-13-9(8)17-6-18(13)10-7-4-14(7,5-19)12(21)11(10)20;3*1-5-16-11(14)7-12(17-5)18(4-15-7)8-6-2-13(6,3-19)10(21)9(8)20;14-7-1-2-15-12-8(7)16-5-17(12)9-6-3-13(6,4-18)11(20)10(9)19/h5,7,9-11,20-22H,3-4H2,1-2H3,(H,15,17,18);6,8-10,20-21H,3-5H2,1-2H3,(H,15,17,18);2-3,6-7,10-12,19-21H,4-5H2,1H3,(H,15,16);3*4,6,8-10,19-21H,2-3H2,1H3,(H2,14,16,17);1-2,5-6,9-11,18-20H,3-4H2,(H2,14,15). The quantitative estimate of drug-likeness (QED) is 0.0412. The Bertz CT molecular complexity index is 7160. The lowest BCUT2D eigenvalue weighted by Gasteiger charge is -2.23. The van der Waals surface area contributed by atoms with Gasteiger partial charge in [0.05, 0.1) is 181 Å². The molecule has 14 fully saturated rings. The molecule has 31 N–H and O–H groups in total. The van der Waals surface area contributed by atoms with Crippen LogP contribution in [0.1, 0.15) is 123 Å². The Kier molecular flexibility index (Phi) is 24.0. The molecule has 784 valence electrons. The van der Waals surface area contributed by atoms with Gasteiger partial charge < -0.3 is 173 Å². The second-order valence-corrected chi connectivity index (χ2v) is 42.8. The van der Waals surface area contributed by atoms with E-state index in [2.05, 4.69) is 111 Å². The van der Waals surface area contributed by atoms with Gasteiger partial charge in [-0.25, -0.2) is 94.7 Å². The number of aryl methyl sites for hydroxylation is 5. The molecule has 14 aliphatic carbocycles. The maximum atomic E-state index is 10.4. The number of fused-ring (bicyclic) bond motifs is 14. The lowest BCUT2D eigenvalue weighted by molar-refractivity contribution is -0.0301. The van der Waals surface area contributed by atoms with Gasteiger partial charge in [-0.15, -0.1) is 0 Å². The van der Waals surface area contributed by atoms with Gasteiger partial charge >= 0.3 is 0 Å². The van der Waals surface area contributed by atoms with Gasteiger partial charge in [0.2, 0.25) is 0 Å². The van der Waals surface area contributed by atoms with Crippen molar-refractivity contribution in [2.75, 3.05) is 106 Å². The third-order valence-electron chi connectivity index (χ3n) is 35.7. The summed E-state index contributed by atoms with van der Waals surface area (Å²) < 4.78 is 12.7. The molecule has 53 heteroatoms. The van der Waals surface area contributed by atoms with Gasteiger partial charge in [-0.1, -0.05) is 0 Å². The summed E-state index contributed by atoms with van der Waals surface area (Å²) in [6, 6.07) is 1.65. The minimum absolute atomic E-state index is 0.0152. The van der Waals surface area contributed by atoms with E-state index in [0.29, 0.717) is 164 Å². The maximum absolute atomic E-state index is 10.4. The summed E-state index contributed by atoms with van der Waals surface area (Å²) in [6.45, 7) is 8.20. The fraction of sp³-hybridized carbons (Fsp3) is 0.606. The van der Waals surface area contributed by atoms with Crippen molar-refractivity contribution < 1.29 is 102 Å². The number of nitrogens with one attached hydrogen (secondary N) is 3. The van der Waals surface area contributed by atoms with Crippen molar-refractivity contribution in [1.82, 2.24) is 127 Å². The molecule has 14 heterocycles. The first kappa shape index (κ1) is 99.4. The monoisotopic (exact) mass is 2030 g/mol. The Morgan fingerprint density at radius 3 is 0.803 bits per heavy atom. The SMILES string of the molecule is CNc1ccnc2c1ncn2C1C(O)C(O)C2(CO)CC12.CNc1nc(C)nc2c1ncn2C1C(O)C(O)C2(CO)CC12.CNc1nc(C)nc2c1ncn2C1CC(O)C2(CO)CC12.Cc1nc(N)c2ncn(C3C(O)C(O)C4(CO)CC34)c2n1.Cc1nc(N)c2ncn(C3C(O)C(O)C4(CO)CC34)c2n1.Cc1nc(N)c2ncn(C3C(O)C(O)C4(CO)CC34)c2n1.Nc1ccnc2c1ncn2C1C(O)C(O)C2(CO)CC12. The van der Waals surface area contributed by atoms with E-state index in [1.54, 1.807) is 116 Å². The largest absolute Gasteiger partial charge is 0.397 e. The van der Waals surface area contributed by atoms with Gasteiger partial charge in [-0.2, -0.15) is 0 Å². The van der Waals surface area contributed by atoms with E-state index in [9.17, 15) is 102 Å². The van der Waals surface area contributed by atoms with E-state index in [1.807, 2.05) is 40.8 Å². The third kappa shape index (κ3) is 14.6. The topological polar surface area (TPSA) is 824 Å². The minimum Gasteiger partial charge on any atom is -0.397 e. The van der Waals surface area contributed by atoms with E-state index in [-0.39, 0.29) is 129 Å². The van der Waals surface area contributed by atoms with Crippen LogP contribution in [-0.2, 0) is 0 Å². The molecular formula is C94H123N33O20. The second-order valence-electron chi connectivity index (χ2n) is 42.8. The molecule has 14 aromatic heterocycles. The average Bonchev–Trinajstić information content (AvgIpc) is 1.36. The van der Waals surface area contributed by atoms with Crippen LogP contribution in [-0.4, -0.2) is 376 Å². The summed E-state index contributed by atoms with van der Waals surface area (Å²) >= 11 is 0. The molecule has 14 saturated carbocycles. The van der Waals surface area contributed by atoms with Crippen LogP contribution in [0.3, 0.4) is 0 Å². The van der Waals surface area contributed by atoms with Crippen LogP contribution in [0, 0.1) is 114 Å². The van der Waals surface area contributed by atoms with E-state index in [4.69, 9.17) is 22.9 Å². The fourth-order valence-corrected chi connectivity index (χ4v) is 27.0. The van der Waals surface area contributed by atoms with Crippen LogP contribution in [0.4, 0.5) is 40.5 Å². The van der Waals surface area contributed by atoms with Gasteiger partial charge in [0, 0.05) is 77.5 Å². The number of anilines is 7. The lowest BCUT2D eigenvalue weighted by Crippen LogP contribution is -2.35. The van der Waals surface area contributed by atoms with Crippen molar-refractivity contribution in [2.45, 2.75) is 208 Å². The maximum Gasteiger partial charge on any atom is 0.166 e. The summed E-state index contributed by atoms with van der Waals surface area (Å²) in [5.74, 6) is 5.63. The molecule has 28 rings (SSSR count). The van der Waals surface area contributed by atoms with Crippen molar-refractivity contribution in [3.63, 3.8) is 0 Å². The number of aliphatic hydroxyl groups is 20.